The Bertz CT molecular complexity index is 2590. The third-order valence-corrected chi connectivity index (χ3v) is 12.3. The third kappa shape index (κ3) is 5.48. The molecule has 0 atom stereocenters. The Morgan fingerprint density at radius 1 is 0.635 bits per heavy atom. The molecule has 0 aliphatic heterocycles. The molecule has 0 spiro atoms. The Morgan fingerprint density at radius 3 is 1.92 bits per heavy atom. The van der Waals surface area contributed by atoms with Gasteiger partial charge in [-0.15, -0.1) is 0 Å². The molecule has 0 N–H and O–H groups in total. The summed E-state index contributed by atoms with van der Waals surface area (Å²) in [7, 11) is -1.61. The second-order valence-corrected chi connectivity index (χ2v) is 20.5. The molecule has 0 unspecified atom stereocenters. The summed E-state index contributed by atoms with van der Waals surface area (Å²) in [5, 5.41) is 3.19. The van der Waals surface area contributed by atoms with Crippen LogP contribution >= 0.6 is 0 Å². The maximum atomic E-state index is 17.3. The van der Waals surface area contributed by atoms with Crippen molar-refractivity contribution in [3.05, 3.63) is 138 Å². The van der Waals surface area contributed by atoms with E-state index >= 15 is 8.78 Å². The largest absolute Gasteiger partial charge is 0.455 e. The van der Waals surface area contributed by atoms with Gasteiger partial charge in [-0.3, -0.25) is 4.57 Å². The van der Waals surface area contributed by atoms with Gasteiger partial charge in [0.1, 0.15) is 28.6 Å². The minimum Gasteiger partial charge on any atom is -0.455 e. The molecule has 6 heteroatoms. The van der Waals surface area contributed by atoms with Crippen molar-refractivity contribution >= 4 is 46.2 Å². The van der Waals surface area contributed by atoms with Crippen LogP contribution in [-0.4, -0.2) is 17.6 Å². The lowest BCUT2D eigenvalue weighted by molar-refractivity contribution is 0.553. The Morgan fingerprint density at radius 2 is 1.27 bits per heavy atom. The maximum absolute atomic E-state index is 17.3. The molecule has 2 heterocycles. The molecule has 0 saturated heterocycles. The molecule has 0 fully saturated rings. The van der Waals surface area contributed by atoms with Crippen LogP contribution in [-0.2, 0) is 0 Å². The Balaban J connectivity index is 1.42. The summed E-state index contributed by atoms with van der Waals surface area (Å²) >= 11 is 0. The molecule has 8 rings (SSSR count). The van der Waals surface area contributed by atoms with Crippen LogP contribution in [0, 0.1) is 11.6 Å². The molecule has 2 aromatic heterocycles. The average molecular weight is 705 g/mol. The molecule has 0 amide bonds. The summed E-state index contributed by atoms with van der Waals surface area (Å²) < 4.78 is 43.3. The van der Waals surface area contributed by atoms with Crippen LogP contribution in [0.1, 0.15) is 50.7 Å². The normalized spacial score (nSPS) is 12.3. The second kappa shape index (κ2) is 12.7. The van der Waals surface area contributed by atoms with Crippen molar-refractivity contribution in [2.75, 3.05) is 0 Å². The van der Waals surface area contributed by atoms with E-state index in [4.69, 9.17) is 9.40 Å². The van der Waals surface area contributed by atoms with Crippen LogP contribution in [0.15, 0.2) is 120 Å². The molecule has 0 saturated carbocycles. The number of hydrogen-bond acceptors (Lipinski definition) is 2. The van der Waals surface area contributed by atoms with Gasteiger partial charge < -0.3 is 4.42 Å². The minimum absolute atomic E-state index is 0.0258. The molecular formula is C46H42F2N2OSi. The van der Waals surface area contributed by atoms with E-state index in [2.05, 4.69) is 56.0 Å². The number of rotatable bonds is 7. The van der Waals surface area contributed by atoms with Crippen LogP contribution in [0.3, 0.4) is 0 Å². The Kier molecular flexibility index (Phi) is 8.26. The smallest absolute Gasteiger partial charge is 0.149 e. The van der Waals surface area contributed by atoms with Gasteiger partial charge in [0, 0.05) is 21.9 Å². The van der Waals surface area contributed by atoms with Gasteiger partial charge in [-0.2, -0.15) is 0 Å². The topological polar surface area (TPSA) is 31.0 Å². The number of aromatic nitrogens is 2. The van der Waals surface area contributed by atoms with Crippen molar-refractivity contribution in [1.82, 2.24) is 9.55 Å². The highest BCUT2D eigenvalue weighted by Gasteiger charge is 2.32. The molecule has 8 aromatic rings. The predicted octanol–water partition coefficient (Wildman–Crippen LogP) is 13.0. The van der Waals surface area contributed by atoms with Gasteiger partial charge in [-0.05, 0) is 58.9 Å². The molecule has 6 aromatic carbocycles. The molecule has 0 radical (unpaired) electrons. The van der Waals surface area contributed by atoms with Gasteiger partial charge in [-0.25, -0.2) is 13.8 Å². The molecule has 52 heavy (non-hydrogen) atoms. The quantitative estimate of drug-likeness (QED) is 0.155. The summed E-state index contributed by atoms with van der Waals surface area (Å²) in [5.74, 6) is -1.02. The van der Waals surface area contributed by atoms with E-state index in [0.717, 1.165) is 44.1 Å². The fraction of sp³-hybridized carbons (Fsp3) is 0.196. The SMILES string of the molecule is CC(C)c1c(F)c(-c2ccc([Si](C)(C)C)cc2)c(F)c(C(C)C)c1-n1c(-c2cccc3c2oc2cc(-c4ccccc4)ccc23)nc2ccccc21. The fourth-order valence-electron chi connectivity index (χ4n) is 7.62. The van der Waals surface area contributed by atoms with E-state index in [1.54, 1.807) is 0 Å². The monoisotopic (exact) mass is 704 g/mol. The first-order chi connectivity index (χ1) is 24.9. The van der Waals surface area contributed by atoms with E-state index in [0.29, 0.717) is 33.8 Å². The Hall–Kier alpha value is -5.33. The fourth-order valence-corrected chi connectivity index (χ4v) is 8.79. The first kappa shape index (κ1) is 33.8. The van der Waals surface area contributed by atoms with Crippen molar-refractivity contribution in [3.63, 3.8) is 0 Å². The lowest BCUT2D eigenvalue weighted by Crippen LogP contribution is -2.37. The summed E-state index contributed by atoms with van der Waals surface area (Å²) in [6, 6.07) is 38.2. The number of benzene rings is 6. The van der Waals surface area contributed by atoms with Gasteiger partial charge in [0.25, 0.3) is 0 Å². The van der Waals surface area contributed by atoms with Gasteiger partial charge in [0.2, 0.25) is 0 Å². The van der Waals surface area contributed by atoms with Crippen molar-refractivity contribution in [3.8, 4) is 39.3 Å². The average Bonchev–Trinajstić information content (AvgIpc) is 3.69. The van der Waals surface area contributed by atoms with Gasteiger partial charge in [0.15, 0.2) is 0 Å². The van der Waals surface area contributed by atoms with Crippen LogP contribution < -0.4 is 5.19 Å². The molecule has 260 valence electrons. The number of hydrogen-bond donors (Lipinski definition) is 0. The first-order valence-corrected chi connectivity index (χ1v) is 21.6. The van der Waals surface area contributed by atoms with E-state index in [1.807, 2.05) is 111 Å². The van der Waals surface area contributed by atoms with Crippen LogP contribution in [0.4, 0.5) is 8.78 Å². The van der Waals surface area contributed by atoms with Crippen molar-refractivity contribution in [1.29, 1.82) is 0 Å². The highest BCUT2D eigenvalue weighted by atomic mass is 28.3. The predicted molar refractivity (Wildman–Crippen MR) is 216 cm³/mol. The van der Waals surface area contributed by atoms with Crippen molar-refractivity contribution < 1.29 is 13.2 Å². The molecule has 3 nitrogen and oxygen atoms in total. The van der Waals surface area contributed by atoms with Crippen LogP contribution in [0.2, 0.25) is 19.6 Å². The second-order valence-electron chi connectivity index (χ2n) is 15.4. The summed E-state index contributed by atoms with van der Waals surface area (Å²) in [4.78, 5) is 5.18. The van der Waals surface area contributed by atoms with E-state index in [1.165, 1.54) is 5.19 Å². The van der Waals surface area contributed by atoms with E-state index < -0.39 is 19.7 Å². The third-order valence-electron chi connectivity index (χ3n) is 10.2. The molecule has 0 aliphatic carbocycles. The number of nitrogens with zero attached hydrogens (tertiary/aromatic N) is 2. The van der Waals surface area contributed by atoms with Gasteiger partial charge in [0.05, 0.1) is 35.9 Å². The number of para-hydroxylation sites is 3. The maximum Gasteiger partial charge on any atom is 0.149 e. The van der Waals surface area contributed by atoms with Gasteiger partial charge in [-0.1, -0.05) is 137 Å². The Labute approximate surface area is 304 Å². The summed E-state index contributed by atoms with van der Waals surface area (Å²) in [5.41, 5.74) is 7.86. The van der Waals surface area contributed by atoms with E-state index in [-0.39, 0.29) is 17.4 Å². The number of fused-ring (bicyclic) bond motifs is 4. The molecule has 0 bridgehead atoms. The standard InChI is InChI=1S/C46H42F2N2OSi/c1-27(2)39-42(47)41(30-20-23-32(24-21-30)52(5,6)7)43(48)40(28(3)4)44(39)50-37-19-12-11-18-36(37)49-46(50)35-17-13-16-34-33-25-22-31(26-38(33)51-45(34)35)29-14-9-8-10-15-29/h8-28H,1-7H3. The highest BCUT2D eigenvalue weighted by Crippen LogP contribution is 2.45. The molecular weight excluding hydrogens is 663 g/mol. The zero-order valence-corrected chi connectivity index (χ0v) is 31.7. The summed E-state index contributed by atoms with van der Waals surface area (Å²) in [6.45, 7) is 14.7. The first-order valence-electron chi connectivity index (χ1n) is 18.1. The summed E-state index contributed by atoms with van der Waals surface area (Å²) in [6.07, 6.45) is 0. The van der Waals surface area contributed by atoms with Crippen LogP contribution in [0.5, 0.6) is 0 Å². The number of furan rings is 1. The van der Waals surface area contributed by atoms with Crippen molar-refractivity contribution in [2.24, 2.45) is 0 Å². The molecule has 0 aliphatic rings. The zero-order valence-electron chi connectivity index (χ0n) is 30.7. The minimum atomic E-state index is -1.61. The highest BCUT2D eigenvalue weighted by molar-refractivity contribution is 6.88. The number of imidazole rings is 1. The zero-order chi connectivity index (χ0) is 36.5. The van der Waals surface area contributed by atoms with Crippen molar-refractivity contribution in [2.45, 2.75) is 59.2 Å². The van der Waals surface area contributed by atoms with Crippen LogP contribution in [0.25, 0.3) is 72.3 Å². The lowest BCUT2D eigenvalue weighted by atomic mass is 9.86. The van der Waals surface area contributed by atoms with E-state index in [9.17, 15) is 0 Å². The lowest BCUT2D eigenvalue weighted by Gasteiger charge is -2.26. The van der Waals surface area contributed by atoms with Gasteiger partial charge >= 0.3 is 0 Å². The number of halogens is 2.